The first-order valence-corrected chi connectivity index (χ1v) is 21.9. The fourth-order valence-corrected chi connectivity index (χ4v) is 12.2. The monoisotopic (exact) mass is 791 g/mol. The highest BCUT2D eigenvalue weighted by Crippen LogP contribution is 2.65. The van der Waals surface area contributed by atoms with Gasteiger partial charge in [-0.2, -0.15) is 0 Å². The molecule has 61 heavy (non-hydrogen) atoms. The number of hydrogen-bond donors (Lipinski definition) is 0. The molecular weight excluding hydrogens is 755 g/mol. The van der Waals surface area contributed by atoms with E-state index >= 15 is 0 Å². The molecule has 0 fully saturated rings. The Morgan fingerprint density at radius 3 is 1.59 bits per heavy atom. The van der Waals surface area contributed by atoms with Crippen molar-refractivity contribution in [3.8, 4) is 44.5 Å². The molecule has 1 nitrogen and oxygen atoms in total. The van der Waals surface area contributed by atoms with Crippen LogP contribution in [0.4, 0.5) is 17.1 Å². The Bertz CT molecular complexity index is 3480. The molecule has 0 amide bonds. The van der Waals surface area contributed by atoms with Crippen molar-refractivity contribution in [2.45, 2.75) is 5.41 Å². The Hall–Kier alpha value is -7.52. The molecule has 10 aromatic carbocycles. The molecule has 1 spiro atoms. The maximum atomic E-state index is 2.57. The first kappa shape index (κ1) is 34.4. The molecule has 2 aliphatic carbocycles. The molecule has 1 heterocycles. The van der Waals surface area contributed by atoms with Gasteiger partial charge in [-0.15, -0.1) is 11.3 Å². The normalized spacial score (nSPS) is 13.0. The van der Waals surface area contributed by atoms with Crippen molar-refractivity contribution in [1.29, 1.82) is 0 Å². The van der Waals surface area contributed by atoms with Gasteiger partial charge in [-0.3, -0.25) is 0 Å². The summed E-state index contributed by atoms with van der Waals surface area (Å²) < 4.78 is 2.59. The summed E-state index contributed by atoms with van der Waals surface area (Å²) in [6.45, 7) is 0. The van der Waals surface area contributed by atoms with Crippen molar-refractivity contribution in [1.82, 2.24) is 0 Å². The lowest BCUT2D eigenvalue weighted by Gasteiger charge is -2.32. The van der Waals surface area contributed by atoms with Gasteiger partial charge in [-0.1, -0.05) is 200 Å². The van der Waals surface area contributed by atoms with Crippen molar-refractivity contribution < 1.29 is 0 Å². The molecule has 0 atom stereocenters. The van der Waals surface area contributed by atoms with Crippen molar-refractivity contribution in [2.24, 2.45) is 0 Å². The first-order chi connectivity index (χ1) is 30.3. The van der Waals surface area contributed by atoms with Crippen LogP contribution in [-0.4, -0.2) is 0 Å². The van der Waals surface area contributed by atoms with Crippen LogP contribution in [0.1, 0.15) is 22.3 Å². The van der Waals surface area contributed by atoms with E-state index in [1.807, 2.05) is 11.3 Å². The average molecular weight is 792 g/mol. The predicted octanol–water partition coefficient (Wildman–Crippen LogP) is 16.4. The Labute approximate surface area is 359 Å². The second-order valence-electron chi connectivity index (χ2n) is 16.3. The summed E-state index contributed by atoms with van der Waals surface area (Å²) in [6, 6.07) is 83.4. The summed E-state index contributed by atoms with van der Waals surface area (Å²) in [5.74, 6) is 0. The minimum atomic E-state index is -0.446. The van der Waals surface area contributed by atoms with Gasteiger partial charge in [-0.25, -0.2) is 0 Å². The summed E-state index contributed by atoms with van der Waals surface area (Å²) in [7, 11) is 0. The Morgan fingerprint density at radius 1 is 0.344 bits per heavy atom. The van der Waals surface area contributed by atoms with Crippen molar-refractivity contribution >= 4 is 59.3 Å². The molecular formula is C59H37NS. The van der Waals surface area contributed by atoms with E-state index in [0.29, 0.717) is 0 Å². The smallest absolute Gasteiger partial charge is 0.0726 e. The van der Waals surface area contributed by atoms with Crippen molar-refractivity contribution in [3.63, 3.8) is 0 Å². The molecule has 0 bridgehead atoms. The van der Waals surface area contributed by atoms with Crippen LogP contribution in [0, 0.1) is 0 Å². The first-order valence-electron chi connectivity index (χ1n) is 21.1. The number of benzene rings is 10. The molecule has 1 aromatic heterocycles. The van der Waals surface area contributed by atoms with Gasteiger partial charge in [0, 0.05) is 26.7 Å². The van der Waals surface area contributed by atoms with Gasteiger partial charge in [0.15, 0.2) is 0 Å². The summed E-state index contributed by atoms with van der Waals surface area (Å²) in [5, 5.41) is 5.10. The predicted molar refractivity (Wildman–Crippen MR) is 259 cm³/mol. The van der Waals surface area contributed by atoms with Gasteiger partial charge in [-0.05, 0) is 96.2 Å². The Morgan fingerprint density at radius 2 is 0.869 bits per heavy atom. The Kier molecular flexibility index (Phi) is 7.46. The third kappa shape index (κ3) is 4.83. The van der Waals surface area contributed by atoms with E-state index in [1.165, 1.54) is 109 Å². The molecule has 0 radical (unpaired) electrons. The molecule has 11 aromatic rings. The van der Waals surface area contributed by atoms with Crippen molar-refractivity contribution in [2.75, 3.05) is 4.90 Å². The molecule has 0 saturated carbocycles. The second-order valence-corrected chi connectivity index (χ2v) is 17.3. The molecule has 0 aliphatic heterocycles. The van der Waals surface area contributed by atoms with Crippen LogP contribution in [0.25, 0.3) is 75.5 Å². The fraction of sp³-hybridized carbons (Fsp3) is 0.0169. The van der Waals surface area contributed by atoms with E-state index in [4.69, 9.17) is 0 Å². The van der Waals surface area contributed by atoms with Gasteiger partial charge in [0.25, 0.3) is 0 Å². The maximum Gasteiger partial charge on any atom is 0.0726 e. The number of nitrogens with zero attached hydrogens (tertiary/aromatic N) is 1. The van der Waals surface area contributed by atoms with Crippen LogP contribution in [0.3, 0.4) is 0 Å². The molecule has 0 unspecified atom stereocenters. The lowest BCUT2D eigenvalue weighted by atomic mass is 9.70. The van der Waals surface area contributed by atoms with Gasteiger partial charge >= 0.3 is 0 Å². The van der Waals surface area contributed by atoms with Crippen LogP contribution in [0.2, 0.25) is 0 Å². The third-order valence-corrected chi connectivity index (χ3v) is 14.5. The minimum Gasteiger partial charge on any atom is -0.308 e. The highest BCUT2D eigenvalue weighted by molar-refractivity contribution is 7.27. The number of anilines is 3. The summed E-state index contributed by atoms with van der Waals surface area (Å²) in [5.41, 5.74) is 18.5. The number of hydrogen-bond acceptors (Lipinski definition) is 2. The Balaban J connectivity index is 1.15. The SMILES string of the molecule is c1ccc(-c2ccc(N(c3cccc4c3-c3ccccc3C43c4ccccc4-c4ccccc43)c3cc4ccccc4c4c3sc3c(-c5ccccc5)cccc34)cc2)cc1. The molecule has 2 aliphatic rings. The lowest BCUT2D eigenvalue weighted by Crippen LogP contribution is -2.26. The summed E-state index contributed by atoms with van der Waals surface area (Å²) in [6.07, 6.45) is 0. The van der Waals surface area contributed by atoms with Gasteiger partial charge in [0.05, 0.1) is 21.5 Å². The number of rotatable bonds is 5. The zero-order valence-corrected chi connectivity index (χ0v) is 34.0. The molecule has 0 N–H and O–H groups in total. The maximum absolute atomic E-state index is 2.57. The number of fused-ring (bicyclic) bond motifs is 15. The minimum absolute atomic E-state index is 0.446. The summed E-state index contributed by atoms with van der Waals surface area (Å²) >= 11 is 1.92. The lowest BCUT2D eigenvalue weighted by molar-refractivity contribution is 0.794. The molecule has 2 heteroatoms. The van der Waals surface area contributed by atoms with E-state index in [-0.39, 0.29) is 0 Å². The second kappa shape index (κ2) is 13.2. The van der Waals surface area contributed by atoms with Crippen LogP contribution in [-0.2, 0) is 5.41 Å². The standard InChI is InChI=1S/C59H37NS/c1-3-17-38(18-4-1)39-33-35-42(36-34-39)60(54-37-41-21-7-8-22-43(41)55-48-27-15-26-44(57(48)61-58(54)55)40-19-5-2-6-20-40)53-32-16-31-52-56(53)47-25-11-14-30-51(47)59(52)49-28-12-9-23-45(49)46-24-10-13-29-50(46)59/h1-37H. The van der Waals surface area contributed by atoms with Gasteiger partial charge in [0.2, 0.25) is 0 Å². The van der Waals surface area contributed by atoms with E-state index in [0.717, 1.165) is 5.69 Å². The molecule has 0 saturated heterocycles. The van der Waals surface area contributed by atoms with Crippen LogP contribution >= 0.6 is 11.3 Å². The van der Waals surface area contributed by atoms with E-state index < -0.39 is 5.41 Å². The highest BCUT2D eigenvalue weighted by atomic mass is 32.1. The summed E-state index contributed by atoms with van der Waals surface area (Å²) in [4.78, 5) is 2.57. The van der Waals surface area contributed by atoms with Gasteiger partial charge < -0.3 is 4.90 Å². The number of thiophene rings is 1. The van der Waals surface area contributed by atoms with Gasteiger partial charge in [0.1, 0.15) is 0 Å². The molecule has 13 rings (SSSR count). The van der Waals surface area contributed by atoms with E-state index in [1.54, 1.807) is 0 Å². The fourth-order valence-electron chi connectivity index (χ4n) is 10.8. The average Bonchev–Trinajstić information content (AvgIpc) is 3.98. The quantitative estimate of drug-likeness (QED) is 0.168. The van der Waals surface area contributed by atoms with E-state index in [9.17, 15) is 0 Å². The topological polar surface area (TPSA) is 3.24 Å². The highest BCUT2D eigenvalue weighted by Gasteiger charge is 2.52. The van der Waals surface area contributed by atoms with Crippen LogP contribution in [0.15, 0.2) is 224 Å². The van der Waals surface area contributed by atoms with Crippen LogP contribution < -0.4 is 4.90 Å². The largest absolute Gasteiger partial charge is 0.308 e. The van der Waals surface area contributed by atoms with Crippen LogP contribution in [0.5, 0.6) is 0 Å². The van der Waals surface area contributed by atoms with Crippen molar-refractivity contribution in [3.05, 3.63) is 247 Å². The van der Waals surface area contributed by atoms with E-state index in [2.05, 4.69) is 229 Å². The third-order valence-electron chi connectivity index (χ3n) is 13.3. The zero-order valence-electron chi connectivity index (χ0n) is 33.2. The zero-order chi connectivity index (χ0) is 40.1. The molecule has 284 valence electrons.